The molecule has 0 bridgehead atoms. The molecule has 0 spiro atoms. The summed E-state index contributed by atoms with van der Waals surface area (Å²) in [4.78, 5) is 2.27. The monoisotopic (exact) mass is 241 g/mol. The molecule has 18 heavy (non-hydrogen) atoms. The minimum absolute atomic E-state index is 0.401. The zero-order chi connectivity index (χ0) is 12.5. The molecule has 1 saturated carbocycles. The van der Waals surface area contributed by atoms with Gasteiger partial charge in [0.25, 0.3) is 0 Å². The molecule has 3 rings (SSSR count). The van der Waals surface area contributed by atoms with E-state index in [4.69, 9.17) is 0 Å². The molecular weight excluding hydrogens is 222 g/mol. The van der Waals surface area contributed by atoms with Crippen molar-refractivity contribution in [1.29, 1.82) is 0 Å². The van der Waals surface area contributed by atoms with Crippen molar-refractivity contribution in [1.82, 2.24) is 4.90 Å². The lowest BCUT2D eigenvalue weighted by Gasteiger charge is -2.21. The highest BCUT2D eigenvalue weighted by atomic mass is 16.3. The van der Waals surface area contributed by atoms with E-state index in [0.717, 1.165) is 17.5 Å². The maximum atomic E-state index is 10.4. The van der Waals surface area contributed by atoms with Crippen LogP contribution < -0.4 is 0 Å². The van der Waals surface area contributed by atoms with Crippen LogP contribution in [0.1, 0.15) is 24.5 Å². The molecule has 0 heterocycles. The largest absolute Gasteiger partial charge is 0.387 e. The molecular formula is C16H19NO. The molecule has 0 amide bonds. The van der Waals surface area contributed by atoms with Crippen LogP contribution in [0.3, 0.4) is 0 Å². The zero-order valence-corrected chi connectivity index (χ0v) is 10.7. The van der Waals surface area contributed by atoms with E-state index in [2.05, 4.69) is 30.1 Å². The number of likely N-dealkylation sites (N-methyl/N-ethyl adjacent to an activating group) is 1. The Kier molecular flexibility index (Phi) is 3.06. The average Bonchev–Trinajstić information content (AvgIpc) is 3.22. The molecule has 2 aromatic rings. The molecule has 2 aromatic carbocycles. The van der Waals surface area contributed by atoms with Crippen LogP contribution in [0.25, 0.3) is 10.8 Å². The number of rotatable bonds is 4. The van der Waals surface area contributed by atoms with Crippen LogP contribution in [0.5, 0.6) is 0 Å². The van der Waals surface area contributed by atoms with Crippen molar-refractivity contribution in [2.24, 2.45) is 0 Å². The molecule has 1 fully saturated rings. The SMILES string of the molecule is CN(CC(O)c1cccc2ccccc12)C1CC1. The van der Waals surface area contributed by atoms with Gasteiger partial charge in [-0.3, -0.25) is 0 Å². The molecule has 0 aromatic heterocycles. The highest BCUT2D eigenvalue weighted by Gasteiger charge is 2.27. The zero-order valence-electron chi connectivity index (χ0n) is 10.7. The molecule has 0 radical (unpaired) electrons. The summed E-state index contributed by atoms with van der Waals surface area (Å²) in [6.07, 6.45) is 2.15. The van der Waals surface area contributed by atoms with E-state index >= 15 is 0 Å². The van der Waals surface area contributed by atoms with Crippen LogP contribution >= 0.6 is 0 Å². The Balaban J connectivity index is 1.88. The van der Waals surface area contributed by atoms with E-state index in [9.17, 15) is 5.11 Å². The highest BCUT2D eigenvalue weighted by molar-refractivity contribution is 5.85. The third-order valence-electron chi connectivity index (χ3n) is 3.81. The number of fused-ring (bicyclic) bond motifs is 1. The van der Waals surface area contributed by atoms with Crippen molar-refractivity contribution in [3.8, 4) is 0 Å². The van der Waals surface area contributed by atoms with Crippen LogP contribution in [0.15, 0.2) is 42.5 Å². The molecule has 2 heteroatoms. The Hall–Kier alpha value is -1.38. The van der Waals surface area contributed by atoms with E-state index in [1.165, 1.54) is 18.2 Å². The van der Waals surface area contributed by atoms with Crippen molar-refractivity contribution in [2.75, 3.05) is 13.6 Å². The number of hydrogen-bond acceptors (Lipinski definition) is 2. The molecule has 1 aliphatic carbocycles. The van der Waals surface area contributed by atoms with Crippen LogP contribution in [-0.4, -0.2) is 29.6 Å². The standard InChI is InChI=1S/C16H19NO/c1-17(13-9-10-13)11-16(18)15-8-4-6-12-5-2-3-7-14(12)15/h2-8,13,16,18H,9-11H2,1H3. The molecule has 1 atom stereocenters. The topological polar surface area (TPSA) is 23.5 Å². The Bertz CT molecular complexity index is 542. The number of hydrogen-bond donors (Lipinski definition) is 1. The summed E-state index contributed by atoms with van der Waals surface area (Å²) < 4.78 is 0. The first-order valence-electron chi connectivity index (χ1n) is 6.61. The van der Waals surface area contributed by atoms with Crippen LogP contribution in [0, 0.1) is 0 Å². The smallest absolute Gasteiger partial charge is 0.0922 e. The number of benzene rings is 2. The van der Waals surface area contributed by atoms with Crippen molar-refractivity contribution >= 4 is 10.8 Å². The number of nitrogens with zero attached hydrogens (tertiary/aromatic N) is 1. The second-order valence-electron chi connectivity index (χ2n) is 5.25. The van der Waals surface area contributed by atoms with Crippen molar-refractivity contribution in [3.63, 3.8) is 0 Å². The minimum Gasteiger partial charge on any atom is -0.387 e. The van der Waals surface area contributed by atoms with Gasteiger partial charge in [0.15, 0.2) is 0 Å². The van der Waals surface area contributed by atoms with Gasteiger partial charge in [-0.25, -0.2) is 0 Å². The fraction of sp³-hybridized carbons (Fsp3) is 0.375. The predicted octanol–water partition coefficient (Wildman–Crippen LogP) is 2.97. The molecule has 0 aliphatic heterocycles. The van der Waals surface area contributed by atoms with Gasteiger partial charge in [0.05, 0.1) is 6.10 Å². The third-order valence-corrected chi connectivity index (χ3v) is 3.81. The van der Waals surface area contributed by atoms with Crippen molar-refractivity contribution in [3.05, 3.63) is 48.0 Å². The highest BCUT2D eigenvalue weighted by Crippen LogP contribution is 2.29. The second-order valence-corrected chi connectivity index (χ2v) is 5.25. The molecule has 1 aliphatic rings. The van der Waals surface area contributed by atoms with Gasteiger partial charge >= 0.3 is 0 Å². The first-order chi connectivity index (χ1) is 8.75. The van der Waals surface area contributed by atoms with E-state index in [1.54, 1.807) is 0 Å². The summed E-state index contributed by atoms with van der Waals surface area (Å²) in [5, 5.41) is 12.8. The van der Waals surface area contributed by atoms with Gasteiger partial charge in [0, 0.05) is 12.6 Å². The fourth-order valence-corrected chi connectivity index (χ4v) is 2.58. The van der Waals surface area contributed by atoms with E-state index in [0.29, 0.717) is 6.04 Å². The third kappa shape index (κ3) is 2.26. The Morgan fingerprint density at radius 1 is 1.17 bits per heavy atom. The summed E-state index contributed by atoms with van der Waals surface area (Å²) >= 11 is 0. The van der Waals surface area contributed by atoms with E-state index in [1.807, 2.05) is 24.3 Å². The Morgan fingerprint density at radius 3 is 2.67 bits per heavy atom. The maximum Gasteiger partial charge on any atom is 0.0922 e. The van der Waals surface area contributed by atoms with Gasteiger partial charge in [-0.15, -0.1) is 0 Å². The maximum absolute atomic E-state index is 10.4. The average molecular weight is 241 g/mol. The quantitative estimate of drug-likeness (QED) is 0.889. The molecule has 1 N–H and O–H groups in total. The van der Waals surface area contributed by atoms with Crippen LogP contribution in [0.4, 0.5) is 0 Å². The predicted molar refractivity (Wildman–Crippen MR) is 74.6 cm³/mol. The molecule has 94 valence electrons. The number of aliphatic hydroxyl groups is 1. The van der Waals surface area contributed by atoms with Gasteiger partial charge in [-0.2, -0.15) is 0 Å². The van der Waals surface area contributed by atoms with Crippen LogP contribution in [-0.2, 0) is 0 Å². The van der Waals surface area contributed by atoms with Crippen molar-refractivity contribution in [2.45, 2.75) is 25.0 Å². The van der Waals surface area contributed by atoms with Gasteiger partial charge in [-0.1, -0.05) is 42.5 Å². The van der Waals surface area contributed by atoms with E-state index < -0.39 is 6.10 Å². The second kappa shape index (κ2) is 4.71. The van der Waals surface area contributed by atoms with Gasteiger partial charge in [0.2, 0.25) is 0 Å². The lowest BCUT2D eigenvalue weighted by molar-refractivity contribution is 0.124. The summed E-state index contributed by atoms with van der Waals surface area (Å²) in [7, 11) is 2.10. The lowest BCUT2D eigenvalue weighted by Crippen LogP contribution is -2.26. The summed E-state index contributed by atoms with van der Waals surface area (Å²) in [5.41, 5.74) is 1.04. The molecule has 1 unspecified atom stereocenters. The summed E-state index contributed by atoms with van der Waals surface area (Å²) in [6.45, 7) is 0.721. The Labute approximate surface area is 108 Å². The normalized spacial score (nSPS) is 17.3. The first kappa shape index (κ1) is 11.7. The van der Waals surface area contributed by atoms with Crippen LogP contribution in [0.2, 0.25) is 0 Å². The van der Waals surface area contributed by atoms with Crippen molar-refractivity contribution < 1.29 is 5.11 Å². The lowest BCUT2D eigenvalue weighted by atomic mass is 10.0. The van der Waals surface area contributed by atoms with Gasteiger partial charge in [0.1, 0.15) is 0 Å². The molecule has 0 saturated heterocycles. The van der Waals surface area contributed by atoms with Gasteiger partial charge in [-0.05, 0) is 36.2 Å². The molecule has 2 nitrogen and oxygen atoms in total. The summed E-state index contributed by atoms with van der Waals surface area (Å²) in [5.74, 6) is 0. The Morgan fingerprint density at radius 2 is 1.89 bits per heavy atom. The first-order valence-corrected chi connectivity index (χ1v) is 6.61. The van der Waals surface area contributed by atoms with E-state index in [-0.39, 0.29) is 0 Å². The number of aliphatic hydroxyl groups excluding tert-OH is 1. The minimum atomic E-state index is -0.401. The summed E-state index contributed by atoms with van der Waals surface area (Å²) in [6, 6.07) is 15.1. The van der Waals surface area contributed by atoms with Gasteiger partial charge < -0.3 is 10.0 Å². The fourth-order valence-electron chi connectivity index (χ4n) is 2.58.